The van der Waals surface area contributed by atoms with E-state index < -0.39 is 18.6 Å². The van der Waals surface area contributed by atoms with Gasteiger partial charge < -0.3 is 10.6 Å². The molecule has 0 amide bonds. The third kappa shape index (κ3) is 6.09. The number of hydrogen-bond donors (Lipinski definition) is 2. The monoisotopic (exact) mass is 340 g/mol. The number of hydrogen-bond acceptors (Lipinski definition) is 4. The summed E-state index contributed by atoms with van der Waals surface area (Å²) in [5.41, 5.74) is 0. The minimum atomic E-state index is -4.20. The van der Waals surface area contributed by atoms with Crippen molar-refractivity contribution in [1.82, 2.24) is 9.97 Å². The highest BCUT2D eigenvalue weighted by Crippen LogP contribution is 2.25. The minimum absolute atomic E-state index is 0.352. The Hall–Kier alpha value is -1.05. The van der Waals surface area contributed by atoms with Gasteiger partial charge in [-0.25, -0.2) is 4.98 Å². The highest BCUT2D eigenvalue weighted by atomic mass is 79.9. The molecule has 1 rings (SSSR count). The summed E-state index contributed by atoms with van der Waals surface area (Å²) in [4.78, 5) is 8.16. The van der Waals surface area contributed by atoms with Crippen LogP contribution in [0.3, 0.4) is 0 Å². The van der Waals surface area contributed by atoms with E-state index in [9.17, 15) is 13.2 Å². The van der Waals surface area contributed by atoms with Crippen molar-refractivity contribution in [2.75, 3.05) is 17.2 Å². The van der Waals surface area contributed by atoms with Crippen LogP contribution < -0.4 is 10.6 Å². The van der Waals surface area contributed by atoms with Crippen LogP contribution in [0.15, 0.2) is 10.7 Å². The predicted octanol–water partition coefficient (Wildman–Crippen LogP) is 3.81. The van der Waals surface area contributed by atoms with Crippen LogP contribution in [0.2, 0.25) is 0 Å². The van der Waals surface area contributed by atoms with Gasteiger partial charge in [-0.2, -0.15) is 18.2 Å². The zero-order valence-corrected chi connectivity index (χ0v) is 12.3. The quantitative estimate of drug-likeness (QED) is 0.826. The molecule has 1 heterocycles. The van der Waals surface area contributed by atoms with E-state index >= 15 is 0 Å². The van der Waals surface area contributed by atoms with Gasteiger partial charge in [0.05, 0.1) is 10.9 Å². The van der Waals surface area contributed by atoms with Crippen molar-refractivity contribution in [2.45, 2.75) is 38.9 Å². The van der Waals surface area contributed by atoms with Gasteiger partial charge in [0, 0.05) is 18.8 Å². The first-order valence-corrected chi connectivity index (χ1v) is 6.71. The lowest BCUT2D eigenvalue weighted by Gasteiger charge is -2.17. The summed E-state index contributed by atoms with van der Waals surface area (Å²) >= 11 is 3.21. The molecular formula is C11H16BrF3N4. The van der Waals surface area contributed by atoms with Gasteiger partial charge >= 0.3 is 6.18 Å². The molecule has 8 heteroatoms. The van der Waals surface area contributed by atoms with Gasteiger partial charge in [-0.05, 0) is 29.3 Å². The van der Waals surface area contributed by atoms with Crippen molar-refractivity contribution in [3.63, 3.8) is 0 Å². The molecule has 0 aliphatic rings. The average Bonchev–Trinajstić information content (AvgIpc) is 2.27. The van der Waals surface area contributed by atoms with E-state index in [1.807, 2.05) is 6.92 Å². The van der Waals surface area contributed by atoms with E-state index in [-0.39, 0.29) is 0 Å². The van der Waals surface area contributed by atoms with Crippen LogP contribution in [0.25, 0.3) is 0 Å². The highest BCUT2D eigenvalue weighted by Gasteiger charge is 2.30. The van der Waals surface area contributed by atoms with Crippen molar-refractivity contribution < 1.29 is 13.2 Å². The molecule has 0 bridgehead atoms. The zero-order valence-electron chi connectivity index (χ0n) is 10.7. The molecule has 1 aromatic heterocycles. The Kier molecular flexibility index (Phi) is 5.84. The summed E-state index contributed by atoms with van der Waals surface area (Å²) in [5, 5.41) is 5.70. The fourth-order valence-corrected chi connectivity index (χ4v) is 1.73. The lowest BCUT2D eigenvalue weighted by Crippen LogP contribution is -2.24. The van der Waals surface area contributed by atoms with Crippen LogP contribution >= 0.6 is 15.9 Å². The van der Waals surface area contributed by atoms with Crippen molar-refractivity contribution in [3.8, 4) is 0 Å². The van der Waals surface area contributed by atoms with Crippen molar-refractivity contribution >= 4 is 27.7 Å². The first-order valence-electron chi connectivity index (χ1n) is 5.91. The Labute approximate surface area is 118 Å². The number of nitrogens with one attached hydrogen (secondary N) is 2. The summed E-state index contributed by atoms with van der Waals surface area (Å²) in [5.74, 6) is 0.747. The molecule has 0 saturated heterocycles. The van der Waals surface area contributed by atoms with Crippen LogP contribution in [-0.4, -0.2) is 28.7 Å². The highest BCUT2D eigenvalue weighted by molar-refractivity contribution is 9.10. The maximum atomic E-state index is 12.3. The van der Waals surface area contributed by atoms with Gasteiger partial charge in [-0.15, -0.1) is 0 Å². The van der Waals surface area contributed by atoms with Gasteiger partial charge in [0.1, 0.15) is 5.82 Å². The molecule has 0 spiro atoms. The number of nitrogens with zero attached hydrogens (tertiary/aromatic N) is 2. The summed E-state index contributed by atoms with van der Waals surface area (Å²) in [7, 11) is 0. The molecule has 0 aliphatic heterocycles. The second-order valence-electron chi connectivity index (χ2n) is 4.18. The molecule has 1 unspecified atom stereocenters. The molecule has 108 valence electrons. The van der Waals surface area contributed by atoms with Gasteiger partial charge in [-0.3, -0.25) is 0 Å². The number of alkyl halides is 3. The predicted molar refractivity (Wildman–Crippen MR) is 72.3 cm³/mol. The van der Waals surface area contributed by atoms with Crippen LogP contribution in [0, 0.1) is 0 Å². The normalized spacial score (nSPS) is 13.2. The van der Waals surface area contributed by atoms with Crippen molar-refractivity contribution in [3.05, 3.63) is 10.7 Å². The van der Waals surface area contributed by atoms with E-state index in [1.165, 1.54) is 13.1 Å². The summed E-state index contributed by atoms with van der Waals surface area (Å²) < 4.78 is 37.3. The van der Waals surface area contributed by atoms with E-state index in [4.69, 9.17) is 0 Å². The SMILES string of the molecule is CCCNc1ncc(Br)c(NC(C)CC(F)(F)F)n1. The van der Waals surface area contributed by atoms with Gasteiger partial charge in [0.15, 0.2) is 0 Å². The first-order chi connectivity index (χ1) is 8.81. The molecule has 1 aromatic rings. The van der Waals surface area contributed by atoms with Crippen LogP contribution in [0.5, 0.6) is 0 Å². The second kappa shape index (κ2) is 6.93. The first kappa shape index (κ1) is 16.0. The summed E-state index contributed by atoms with van der Waals surface area (Å²) in [6.45, 7) is 4.16. The molecule has 19 heavy (non-hydrogen) atoms. The Morgan fingerprint density at radius 2 is 2.11 bits per heavy atom. The Morgan fingerprint density at radius 1 is 1.42 bits per heavy atom. The van der Waals surface area contributed by atoms with E-state index in [0.29, 0.717) is 22.8 Å². The third-order valence-corrected chi connectivity index (χ3v) is 2.78. The van der Waals surface area contributed by atoms with Gasteiger partial charge in [-0.1, -0.05) is 6.92 Å². The molecule has 0 radical (unpaired) electrons. The third-order valence-electron chi connectivity index (χ3n) is 2.20. The van der Waals surface area contributed by atoms with Crippen LogP contribution in [0.1, 0.15) is 26.7 Å². The van der Waals surface area contributed by atoms with Gasteiger partial charge in [0.2, 0.25) is 5.95 Å². The van der Waals surface area contributed by atoms with Crippen molar-refractivity contribution in [2.24, 2.45) is 0 Å². The maximum Gasteiger partial charge on any atom is 0.391 e. The smallest absolute Gasteiger partial charge is 0.366 e. The number of halogens is 4. The Bertz CT molecular complexity index is 411. The minimum Gasteiger partial charge on any atom is -0.366 e. The molecule has 0 aliphatic carbocycles. The average molecular weight is 341 g/mol. The maximum absolute atomic E-state index is 12.3. The fraction of sp³-hybridized carbons (Fsp3) is 0.636. The van der Waals surface area contributed by atoms with Crippen LogP contribution in [-0.2, 0) is 0 Å². The summed E-state index contributed by atoms with van der Waals surface area (Å²) in [6, 6.07) is -0.759. The molecule has 0 saturated carbocycles. The molecule has 0 aromatic carbocycles. The molecule has 0 fully saturated rings. The Balaban J connectivity index is 2.70. The second-order valence-corrected chi connectivity index (χ2v) is 5.04. The van der Waals surface area contributed by atoms with E-state index in [2.05, 4.69) is 36.5 Å². The fourth-order valence-electron chi connectivity index (χ4n) is 1.42. The van der Waals surface area contributed by atoms with Gasteiger partial charge in [0.25, 0.3) is 0 Å². The lowest BCUT2D eigenvalue weighted by molar-refractivity contribution is -0.136. The number of rotatable bonds is 6. The molecule has 4 nitrogen and oxygen atoms in total. The lowest BCUT2D eigenvalue weighted by atomic mass is 10.2. The van der Waals surface area contributed by atoms with E-state index in [1.54, 1.807) is 0 Å². The molecule has 1 atom stereocenters. The standard InChI is InChI=1S/C11H16BrF3N4/c1-3-4-16-10-17-6-8(12)9(19-10)18-7(2)5-11(13,14)15/h6-7H,3-5H2,1-2H3,(H2,16,17,18,19). The topological polar surface area (TPSA) is 49.8 Å². The zero-order chi connectivity index (χ0) is 14.5. The Morgan fingerprint density at radius 3 is 2.68 bits per heavy atom. The van der Waals surface area contributed by atoms with Crippen molar-refractivity contribution in [1.29, 1.82) is 0 Å². The summed E-state index contributed by atoms with van der Waals surface area (Å²) in [6.07, 6.45) is -2.70. The van der Waals surface area contributed by atoms with E-state index in [0.717, 1.165) is 6.42 Å². The largest absolute Gasteiger partial charge is 0.391 e. The van der Waals surface area contributed by atoms with Crippen LogP contribution in [0.4, 0.5) is 24.9 Å². The molecular weight excluding hydrogens is 325 g/mol. The number of anilines is 2. The molecule has 2 N–H and O–H groups in total. The number of aromatic nitrogens is 2.